The van der Waals surface area contributed by atoms with Gasteiger partial charge in [-0.2, -0.15) is 13.2 Å². The number of hydrogen-bond donors (Lipinski definition) is 0. The topological polar surface area (TPSA) is 113 Å². The van der Waals surface area contributed by atoms with Gasteiger partial charge in [0.2, 0.25) is 0 Å². The molecule has 0 fully saturated rings. The first kappa shape index (κ1) is 17.7. The van der Waals surface area contributed by atoms with Crippen molar-refractivity contribution in [1.82, 2.24) is 9.78 Å². The average molecular weight is 411 g/mol. The van der Waals surface area contributed by atoms with Crippen LogP contribution in [0.1, 0.15) is 5.69 Å². The van der Waals surface area contributed by atoms with Crippen LogP contribution in [0.15, 0.2) is 22.7 Å². The lowest BCUT2D eigenvalue weighted by Gasteiger charge is -2.06. The lowest BCUT2D eigenvalue weighted by molar-refractivity contribution is -0.422. The minimum absolute atomic E-state index is 0.278. The smallest absolute Gasteiger partial charge is 0.434 e. The van der Waals surface area contributed by atoms with Gasteiger partial charge >= 0.3 is 17.6 Å². The van der Waals surface area contributed by atoms with Gasteiger partial charge in [-0.25, -0.2) is 0 Å². The van der Waals surface area contributed by atoms with Gasteiger partial charge < -0.3 is 4.74 Å². The molecule has 0 atom stereocenters. The van der Waals surface area contributed by atoms with Crippen molar-refractivity contribution in [2.24, 2.45) is 7.05 Å². The molecule has 0 aliphatic heterocycles. The summed E-state index contributed by atoms with van der Waals surface area (Å²) in [6.07, 6.45) is -4.70. The third kappa shape index (κ3) is 3.29. The maximum absolute atomic E-state index is 12.9. The van der Waals surface area contributed by atoms with Crippen molar-refractivity contribution < 1.29 is 27.8 Å². The molecule has 0 saturated carbocycles. The Morgan fingerprint density at radius 2 is 1.79 bits per heavy atom. The Morgan fingerprint density at radius 1 is 1.21 bits per heavy atom. The zero-order chi connectivity index (χ0) is 18.2. The van der Waals surface area contributed by atoms with E-state index in [1.165, 1.54) is 0 Å². The lowest BCUT2D eigenvalue weighted by atomic mass is 10.2. The van der Waals surface area contributed by atoms with E-state index in [4.69, 9.17) is 4.74 Å². The largest absolute Gasteiger partial charge is 0.436 e. The molecule has 9 nitrogen and oxygen atoms in total. The minimum atomic E-state index is -4.70. The highest BCUT2D eigenvalue weighted by Gasteiger charge is 2.39. The third-order valence-corrected chi connectivity index (χ3v) is 3.50. The number of rotatable bonds is 4. The molecular weight excluding hydrogens is 405 g/mol. The standard InChI is InChI=1S/C11H6BrF3N4O5/c1-17-9(11(13,14)15)8(12)10(16-17)24-5-2-3-6(18(20)21)7(4-5)19(22)23/h2-4H,1H3. The first-order valence-corrected chi connectivity index (χ1v) is 6.72. The van der Waals surface area contributed by atoms with Gasteiger partial charge in [0.15, 0.2) is 5.69 Å². The SMILES string of the molecule is Cn1nc(Oc2ccc([N+](=O)[O-])c([N+](=O)[O-])c2)c(Br)c1C(F)(F)F. The summed E-state index contributed by atoms with van der Waals surface area (Å²) in [5.74, 6) is -0.771. The zero-order valence-electron chi connectivity index (χ0n) is 11.6. The number of nitrogens with zero attached hydrogens (tertiary/aromatic N) is 4. The van der Waals surface area contributed by atoms with E-state index in [0.717, 1.165) is 25.2 Å². The lowest BCUT2D eigenvalue weighted by Crippen LogP contribution is -2.12. The van der Waals surface area contributed by atoms with Crippen LogP contribution in [0.25, 0.3) is 0 Å². The Kier molecular flexibility index (Phi) is 4.46. The van der Waals surface area contributed by atoms with Crippen molar-refractivity contribution >= 4 is 27.3 Å². The van der Waals surface area contributed by atoms with Gasteiger partial charge in [0.05, 0.1) is 15.9 Å². The van der Waals surface area contributed by atoms with Gasteiger partial charge in [0.25, 0.3) is 5.88 Å². The van der Waals surface area contributed by atoms with Crippen molar-refractivity contribution in [2.45, 2.75) is 6.18 Å². The van der Waals surface area contributed by atoms with Crippen molar-refractivity contribution in [3.05, 3.63) is 48.6 Å². The van der Waals surface area contributed by atoms with Crippen LogP contribution in [0.4, 0.5) is 24.5 Å². The van der Waals surface area contributed by atoms with Crippen LogP contribution >= 0.6 is 15.9 Å². The van der Waals surface area contributed by atoms with Crippen LogP contribution in [0.5, 0.6) is 11.6 Å². The van der Waals surface area contributed by atoms with E-state index >= 15 is 0 Å². The summed E-state index contributed by atoms with van der Waals surface area (Å²) >= 11 is 2.71. The molecule has 0 saturated heterocycles. The van der Waals surface area contributed by atoms with E-state index in [9.17, 15) is 33.4 Å². The molecule has 13 heteroatoms. The molecule has 1 aromatic heterocycles. The highest BCUT2D eigenvalue weighted by molar-refractivity contribution is 9.10. The average Bonchev–Trinajstić information content (AvgIpc) is 2.72. The van der Waals surface area contributed by atoms with E-state index < -0.39 is 43.4 Å². The predicted octanol–water partition coefficient (Wildman–Crippen LogP) is 3.81. The van der Waals surface area contributed by atoms with Crippen molar-refractivity contribution in [3.63, 3.8) is 0 Å². The molecule has 24 heavy (non-hydrogen) atoms. The zero-order valence-corrected chi connectivity index (χ0v) is 13.2. The number of nitro benzene ring substituents is 2. The minimum Gasteiger partial charge on any atom is -0.436 e. The number of benzene rings is 1. The van der Waals surface area contributed by atoms with Gasteiger partial charge in [0.1, 0.15) is 10.2 Å². The summed E-state index contributed by atoms with van der Waals surface area (Å²) in [6.45, 7) is 0. The Labute approximate surface area is 139 Å². The van der Waals surface area contributed by atoms with Crippen LogP contribution in [0.3, 0.4) is 0 Å². The summed E-state index contributed by atoms with van der Waals surface area (Å²) in [5, 5.41) is 25.1. The maximum atomic E-state index is 12.9. The molecule has 0 aliphatic carbocycles. The monoisotopic (exact) mass is 410 g/mol. The summed E-state index contributed by atoms with van der Waals surface area (Å²) in [4.78, 5) is 19.6. The van der Waals surface area contributed by atoms with Crippen LogP contribution < -0.4 is 4.74 Å². The van der Waals surface area contributed by atoms with Gasteiger partial charge in [0, 0.05) is 13.1 Å². The van der Waals surface area contributed by atoms with Gasteiger partial charge in [-0.3, -0.25) is 24.9 Å². The third-order valence-electron chi connectivity index (χ3n) is 2.78. The fraction of sp³-hybridized carbons (Fsp3) is 0.182. The molecule has 0 bridgehead atoms. The molecule has 1 heterocycles. The predicted molar refractivity (Wildman–Crippen MR) is 75.7 cm³/mol. The Hall–Kier alpha value is -2.70. The molecule has 2 aromatic rings. The summed E-state index contributed by atoms with van der Waals surface area (Å²) in [5.41, 5.74) is -2.75. The molecule has 0 radical (unpaired) electrons. The van der Waals surface area contributed by atoms with Crippen LogP contribution in [-0.2, 0) is 13.2 Å². The Balaban J connectivity index is 2.45. The molecule has 1 aromatic carbocycles. The first-order valence-electron chi connectivity index (χ1n) is 5.92. The number of alkyl halides is 3. The van der Waals surface area contributed by atoms with Crippen LogP contribution in [-0.4, -0.2) is 19.6 Å². The van der Waals surface area contributed by atoms with Gasteiger partial charge in [-0.05, 0) is 22.0 Å². The van der Waals surface area contributed by atoms with E-state index in [1.54, 1.807) is 0 Å². The number of ether oxygens (including phenoxy) is 1. The molecule has 0 amide bonds. The molecular formula is C11H6BrF3N4O5. The first-order chi connectivity index (χ1) is 11.0. The van der Waals surface area contributed by atoms with E-state index in [1.807, 2.05) is 0 Å². The number of aryl methyl sites for hydroxylation is 1. The number of halogens is 4. The highest BCUT2D eigenvalue weighted by atomic mass is 79.9. The maximum Gasteiger partial charge on any atom is 0.434 e. The molecule has 128 valence electrons. The highest BCUT2D eigenvalue weighted by Crippen LogP contribution is 2.41. The second-order valence-electron chi connectivity index (χ2n) is 4.36. The second-order valence-corrected chi connectivity index (χ2v) is 5.15. The summed E-state index contributed by atoms with van der Waals surface area (Å²) < 4.78 is 43.7. The van der Waals surface area contributed by atoms with E-state index in [0.29, 0.717) is 4.68 Å². The molecule has 0 spiro atoms. The van der Waals surface area contributed by atoms with Gasteiger partial charge in [-0.1, -0.05) is 0 Å². The van der Waals surface area contributed by atoms with Crippen LogP contribution in [0, 0.1) is 20.2 Å². The Bertz CT molecular complexity index is 836. The normalized spacial score (nSPS) is 11.4. The summed E-state index contributed by atoms with van der Waals surface area (Å²) in [6, 6.07) is 2.56. The van der Waals surface area contributed by atoms with Crippen molar-refractivity contribution in [3.8, 4) is 11.6 Å². The number of nitro groups is 2. The number of hydrogen-bond acceptors (Lipinski definition) is 6. The summed E-state index contributed by atoms with van der Waals surface area (Å²) in [7, 11) is 1.04. The van der Waals surface area contributed by atoms with Crippen LogP contribution in [0.2, 0.25) is 0 Å². The molecule has 0 unspecified atom stereocenters. The fourth-order valence-electron chi connectivity index (χ4n) is 1.83. The molecule has 0 N–H and O–H groups in total. The van der Waals surface area contributed by atoms with Crippen molar-refractivity contribution in [1.29, 1.82) is 0 Å². The molecule has 0 aliphatic rings. The molecule has 2 rings (SSSR count). The van der Waals surface area contributed by atoms with Gasteiger partial charge in [-0.15, -0.1) is 5.10 Å². The Morgan fingerprint density at radius 3 is 2.25 bits per heavy atom. The van der Waals surface area contributed by atoms with E-state index in [-0.39, 0.29) is 5.75 Å². The van der Waals surface area contributed by atoms with E-state index in [2.05, 4.69) is 21.0 Å². The van der Waals surface area contributed by atoms with Crippen molar-refractivity contribution in [2.75, 3.05) is 0 Å². The fourth-order valence-corrected chi connectivity index (χ4v) is 2.47. The number of aromatic nitrogens is 2. The quantitative estimate of drug-likeness (QED) is 0.559. The second kappa shape index (κ2) is 6.07.